The van der Waals surface area contributed by atoms with Crippen LogP contribution in [-0.4, -0.2) is 63.0 Å². The van der Waals surface area contributed by atoms with Gasteiger partial charge in [-0.2, -0.15) is 0 Å². The molecule has 1 atom stereocenters. The molecule has 0 aliphatic carbocycles. The van der Waals surface area contributed by atoms with E-state index < -0.39 is 0 Å². The lowest BCUT2D eigenvalue weighted by atomic mass is 10.2. The molecule has 1 saturated heterocycles. The summed E-state index contributed by atoms with van der Waals surface area (Å²) in [4.78, 5) is 25.1. The van der Waals surface area contributed by atoms with Crippen molar-refractivity contribution in [2.75, 3.05) is 32.8 Å². The van der Waals surface area contributed by atoms with Crippen molar-refractivity contribution in [3.8, 4) is 5.88 Å². The Morgan fingerprint density at radius 2 is 2.16 bits per heavy atom. The molecule has 0 bridgehead atoms. The predicted molar refractivity (Wildman–Crippen MR) is 92.1 cm³/mol. The second-order valence-electron chi connectivity index (χ2n) is 6.68. The highest BCUT2D eigenvalue weighted by molar-refractivity contribution is 5.78. The van der Waals surface area contributed by atoms with Gasteiger partial charge in [-0.25, -0.2) is 9.97 Å². The average Bonchev–Trinajstić information content (AvgIpc) is 3.32. The molecule has 7 nitrogen and oxygen atoms in total. The van der Waals surface area contributed by atoms with Crippen LogP contribution in [0.3, 0.4) is 0 Å². The number of hydrogen-bond acceptors (Lipinski definition) is 5. The summed E-state index contributed by atoms with van der Waals surface area (Å²) in [6.45, 7) is 4.29. The molecule has 1 amide bonds. The number of nitrogens with zero attached hydrogens (tertiary/aromatic N) is 5. The number of amides is 1. The van der Waals surface area contributed by atoms with Crippen LogP contribution in [0.5, 0.6) is 5.88 Å². The standard InChI is InChI=1S/C18H23N5O2/c24-18(22-7-3-4-8-22)12-21-10-15-9-19-14-23(15)16(11-21)13-25-17-5-1-2-6-20-17/h1-2,5-6,9,14,16H,3-4,7-8,10-13H2/t16-/m1/s1. The van der Waals surface area contributed by atoms with Crippen molar-refractivity contribution in [1.29, 1.82) is 0 Å². The Morgan fingerprint density at radius 3 is 2.96 bits per heavy atom. The van der Waals surface area contributed by atoms with E-state index in [4.69, 9.17) is 4.74 Å². The summed E-state index contributed by atoms with van der Waals surface area (Å²) < 4.78 is 8.00. The molecule has 7 heteroatoms. The molecule has 0 spiro atoms. The van der Waals surface area contributed by atoms with E-state index in [0.717, 1.165) is 44.7 Å². The number of hydrogen-bond donors (Lipinski definition) is 0. The van der Waals surface area contributed by atoms with E-state index in [9.17, 15) is 4.79 Å². The first-order chi connectivity index (χ1) is 12.3. The first-order valence-corrected chi connectivity index (χ1v) is 8.84. The van der Waals surface area contributed by atoms with Crippen molar-refractivity contribution < 1.29 is 9.53 Å². The maximum atomic E-state index is 12.5. The van der Waals surface area contributed by atoms with E-state index in [1.165, 1.54) is 0 Å². The SMILES string of the molecule is O=C(CN1Cc2cncn2[C@@H](COc2ccccn2)C1)N1CCCC1. The molecule has 132 valence electrons. The highest BCUT2D eigenvalue weighted by atomic mass is 16.5. The Balaban J connectivity index is 1.41. The van der Waals surface area contributed by atoms with Crippen LogP contribution in [0.2, 0.25) is 0 Å². The summed E-state index contributed by atoms with van der Waals surface area (Å²) in [5.41, 5.74) is 1.12. The molecule has 0 N–H and O–H groups in total. The normalized spacial score (nSPS) is 20.5. The molecule has 2 aromatic rings. The molecule has 2 aliphatic heterocycles. The molecule has 0 saturated carbocycles. The molecule has 0 unspecified atom stereocenters. The van der Waals surface area contributed by atoms with E-state index in [1.807, 2.05) is 35.6 Å². The van der Waals surface area contributed by atoms with Crippen LogP contribution < -0.4 is 4.74 Å². The van der Waals surface area contributed by atoms with Crippen molar-refractivity contribution >= 4 is 5.91 Å². The third kappa shape index (κ3) is 3.66. The molecule has 4 rings (SSSR count). The number of carbonyl (C=O) groups is 1. The van der Waals surface area contributed by atoms with Gasteiger partial charge in [-0.05, 0) is 18.9 Å². The van der Waals surface area contributed by atoms with Gasteiger partial charge in [0.2, 0.25) is 11.8 Å². The van der Waals surface area contributed by atoms with Crippen molar-refractivity contribution in [2.45, 2.75) is 25.4 Å². The lowest BCUT2D eigenvalue weighted by molar-refractivity contribution is -0.131. The summed E-state index contributed by atoms with van der Waals surface area (Å²) in [7, 11) is 0. The fourth-order valence-corrected chi connectivity index (χ4v) is 3.59. The van der Waals surface area contributed by atoms with Gasteiger partial charge < -0.3 is 14.2 Å². The number of imidazole rings is 1. The Kier molecular flexibility index (Phi) is 4.65. The molecular weight excluding hydrogens is 318 g/mol. The lowest BCUT2D eigenvalue weighted by Gasteiger charge is -2.34. The number of likely N-dealkylation sites (tertiary alicyclic amines) is 1. The Bertz CT molecular complexity index is 711. The second-order valence-corrected chi connectivity index (χ2v) is 6.68. The smallest absolute Gasteiger partial charge is 0.236 e. The summed E-state index contributed by atoms with van der Waals surface area (Å²) in [5.74, 6) is 0.851. The zero-order chi connectivity index (χ0) is 17.1. The minimum atomic E-state index is 0.125. The zero-order valence-corrected chi connectivity index (χ0v) is 14.3. The van der Waals surface area contributed by atoms with Crippen LogP contribution in [0, 0.1) is 0 Å². The summed E-state index contributed by atoms with van der Waals surface area (Å²) >= 11 is 0. The molecule has 25 heavy (non-hydrogen) atoms. The summed E-state index contributed by atoms with van der Waals surface area (Å²) in [6.07, 6.45) is 7.69. The van der Waals surface area contributed by atoms with Gasteiger partial charge >= 0.3 is 0 Å². The topological polar surface area (TPSA) is 63.5 Å². The van der Waals surface area contributed by atoms with Crippen LogP contribution in [0.1, 0.15) is 24.6 Å². The molecular formula is C18H23N5O2. The van der Waals surface area contributed by atoms with Crippen LogP contribution >= 0.6 is 0 Å². The Morgan fingerprint density at radius 1 is 1.28 bits per heavy atom. The van der Waals surface area contributed by atoms with Gasteiger partial charge in [-0.1, -0.05) is 6.07 Å². The van der Waals surface area contributed by atoms with E-state index in [2.05, 4.69) is 19.4 Å². The second kappa shape index (κ2) is 7.23. The van der Waals surface area contributed by atoms with Crippen molar-refractivity contribution in [3.05, 3.63) is 42.6 Å². The summed E-state index contributed by atoms with van der Waals surface area (Å²) in [6, 6.07) is 5.76. The monoisotopic (exact) mass is 341 g/mol. The van der Waals surface area contributed by atoms with Gasteiger partial charge in [0.15, 0.2) is 0 Å². The van der Waals surface area contributed by atoms with Gasteiger partial charge in [-0.3, -0.25) is 9.69 Å². The van der Waals surface area contributed by atoms with Gasteiger partial charge in [-0.15, -0.1) is 0 Å². The van der Waals surface area contributed by atoms with Crippen molar-refractivity contribution in [1.82, 2.24) is 24.3 Å². The first-order valence-electron chi connectivity index (χ1n) is 8.84. The summed E-state index contributed by atoms with van der Waals surface area (Å²) in [5, 5.41) is 0. The Hall–Kier alpha value is -2.41. The van der Waals surface area contributed by atoms with Crippen LogP contribution in [0.4, 0.5) is 0 Å². The number of aromatic nitrogens is 3. The highest BCUT2D eigenvalue weighted by Crippen LogP contribution is 2.22. The number of ether oxygens (including phenoxy) is 1. The fraction of sp³-hybridized carbons (Fsp3) is 0.500. The first kappa shape index (κ1) is 16.1. The third-order valence-corrected chi connectivity index (χ3v) is 4.87. The molecule has 1 fully saturated rings. The number of rotatable bonds is 5. The maximum absolute atomic E-state index is 12.5. The molecule has 2 aromatic heterocycles. The minimum Gasteiger partial charge on any atom is -0.475 e. The molecule has 0 radical (unpaired) electrons. The van der Waals surface area contributed by atoms with Crippen LogP contribution in [0.25, 0.3) is 0 Å². The van der Waals surface area contributed by atoms with Gasteiger partial charge in [0.25, 0.3) is 0 Å². The van der Waals surface area contributed by atoms with Gasteiger partial charge in [0.05, 0.1) is 24.6 Å². The van der Waals surface area contributed by atoms with Crippen LogP contribution in [0.15, 0.2) is 36.9 Å². The van der Waals surface area contributed by atoms with E-state index in [-0.39, 0.29) is 11.9 Å². The van der Waals surface area contributed by atoms with Crippen LogP contribution in [-0.2, 0) is 11.3 Å². The predicted octanol–water partition coefficient (Wildman–Crippen LogP) is 1.34. The van der Waals surface area contributed by atoms with E-state index in [1.54, 1.807) is 6.20 Å². The molecule has 4 heterocycles. The number of carbonyl (C=O) groups excluding carboxylic acids is 1. The molecule has 0 aromatic carbocycles. The van der Waals surface area contributed by atoms with E-state index >= 15 is 0 Å². The van der Waals surface area contributed by atoms with E-state index in [0.29, 0.717) is 19.0 Å². The number of fused-ring (bicyclic) bond motifs is 1. The highest BCUT2D eigenvalue weighted by Gasteiger charge is 2.28. The van der Waals surface area contributed by atoms with Crippen molar-refractivity contribution in [2.24, 2.45) is 0 Å². The Labute approximate surface area is 147 Å². The largest absolute Gasteiger partial charge is 0.475 e. The zero-order valence-electron chi connectivity index (χ0n) is 14.3. The lowest BCUT2D eigenvalue weighted by Crippen LogP contribution is -2.45. The number of pyridine rings is 1. The quantitative estimate of drug-likeness (QED) is 0.821. The minimum absolute atomic E-state index is 0.125. The van der Waals surface area contributed by atoms with Gasteiger partial charge in [0, 0.05) is 44.6 Å². The average molecular weight is 341 g/mol. The maximum Gasteiger partial charge on any atom is 0.236 e. The molecule has 2 aliphatic rings. The third-order valence-electron chi connectivity index (χ3n) is 4.87. The van der Waals surface area contributed by atoms with Gasteiger partial charge in [0.1, 0.15) is 6.61 Å². The van der Waals surface area contributed by atoms with Crippen molar-refractivity contribution in [3.63, 3.8) is 0 Å². The fourth-order valence-electron chi connectivity index (χ4n) is 3.59.